The predicted molar refractivity (Wildman–Crippen MR) is 142 cm³/mol. The molecule has 3 heterocycles. The average Bonchev–Trinajstić information content (AvgIpc) is 3.69. The Bertz CT molecular complexity index is 1470. The molecule has 1 unspecified atom stereocenters. The third-order valence-electron chi connectivity index (χ3n) is 6.03. The summed E-state index contributed by atoms with van der Waals surface area (Å²) in [6, 6.07) is 16.2. The van der Waals surface area contributed by atoms with Crippen LogP contribution in [-0.4, -0.2) is 33.0 Å². The lowest BCUT2D eigenvalue weighted by Crippen LogP contribution is -2.32. The molecule has 1 fully saturated rings. The molecule has 202 valence electrons. The Hall–Kier alpha value is -4.26. The largest absolute Gasteiger partial charge is 0.443 e. The number of benzodiazepines with no additional fused rings is 1. The number of carbonyl (C=O) groups excluding carboxylic acids is 1. The van der Waals surface area contributed by atoms with Crippen LogP contribution in [0.1, 0.15) is 48.2 Å². The van der Waals surface area contributed by atoms with E-state index < -0.39 is 23.3 Å². The van der Waals surface area contributed by atoms with Gasteiger partial charge in [-0.3, -0.25) is 4.79 Å². The molecule has 2 aromatic heterocycles. The summed E-state index contributed by atoms with van der Waals surface area (Å²) >= 11 is 0.263. The van der Waals surface area contributed by atoms with Crippen LogP contribution in [0.5, 0.6) is 0 Å². The number of aromatic nitrogens is 3. The maximum absolute atomic E-state index is 12.9. The number of aliphatic imine (C=N–C) groups is 1. The lowest BCUT2D eigenvalue weighted by atomic mass is 10.0. The summed E-state index contributed by atoms with van der Waals surface area (Å²) in [5.41, 5.74) is 7.98. The Labute approximate surface area is 225 Å². The number of carbonyl (C=O) groups is 1. The zero-order valence-corrected chi connectivity index (χ0v) is 21.4. The van der Waals surface area contributed by atoms with Crippen molar-refractivity contribution in [3.05, 3.63) is 70.7 Å². The van der Waals surface area contributed by atoms with Crippen molar-refractivity contribution in [2.75, 3.05) is 16.4 Å². The summed E-state index contributed by atoms with van der Waals surface area (Å²) in [5.74, 6) is -0.818. The first kappa shape index (κ1) is 26.4. The van der Waals surface area contributed by atoms with Crippen molar-refractivity contribution in [1.29, 1.82) is 0 Å². The Kier molecular flexibility index (Phi) is 7.59. The van der Waals surface area contributed by atoms with Gasteiger partial charge in [-0.25, -0.2) is 9.98 Å². The summed E-state index contributed by atoms with van der Waals surface area (Å²) in [4.78, 5) is 20.9. The third kappa shape index (κ3) is 6.08. The molecule has 13 heteroatoms. The van der Waals surface area contributed by atoms with Gasteiger partial charge in [0, 0.05) is 11.1 Å². The van der Waals surface area contributed by atoms with Gasteiger partial charge >= 0.3 is 12.2 Å². The number of amides is 1. The molecule has 9 nitrogen and oxygen atoms in total. The van der Waals surface area contributed by atoms with Gasteiger partial charge < -0.3 is 20.8 Å². The standard InChI is InChI=1S/C21H14F3N7O2S.C5H10/c22-21(23,24)19-28-14(15(25)34-19)18-30-31-20(33-18)29-16-17(32)26-12-9-5-4-8-11(12)13(27-16)10-6-2-1-3-7-10;1-2-4-5-3-1/h1-9,16H,25H2,(H,26,32)(H,29,31);1-5H2. The molecule has 2 aromatic carbocycles. The van der Waals surface area contributed by atoms with Crippen molar-refractivity contribution >= 4 is 39.7 Å². The molecule has 1 atom stereocenters. The molecule has 4 aromatic rings. The number of hydrogen-bond acceptors (Lipinski definition) is 9. The number of fused-ring (bicyclic) bond motifs is 1. The Morgan fingerprint density at radius 2 is 1.64 bits per heavy atom. The number of halogens is 3. The first-order valence-electron chi connectivity index (χ1n) is 12.3. The van der Waals surface area contributed by atoms with Crippen LogP contribution in [-0.2, 0) is 11.0 Å². The fourth-order valence-corrected chi connectivity index (χ4v) is 4.86. The number of hydrogen-bond donors (Lipinski definition) is 3. The number of alkyl halides is 3. The van der Waals surface area contributed by atoms with E-state index in [2.05, 4.69) is 30.8 Å². The highest BCUT2D eigenvalue weighted by atomic mass is 32.1. The highest BCUT2D eigenvalue weighted by Gasteiger charge is 2.37. The highest BCUT2D eigenvalue weighted by molar-refractivity contribution is 7.16. The van der Waals surface area contributed by atoms with Crippen LogP contribution >= 0.6 is 11.3 Å². The molecule has 39 heavy (non-hydrogen) atoms. The summed E-state index contributed by atoms with van der Waals surface area (Å²) in [7, 11) is 0. The minimum Gasteiger partial charge on any atom is -0.402 e. The summed E-state index contributed by atoms with van der Waals surface area (Å²) in [5, 5.41) is 11.6. The lowest BCUT2D eigenvalue weighted by molar-refractivity contribution is -0.137. The van der Waals surface area contributed by atoms with E-state index in [-0.39, 0.29) is 33.9 Å². The van der Waals surface area contributed by atoms with E-state index >= 15 is 0 Å². The molecule has 6 rings (SSSR count). The van der Waals surface area contributed by atoms with Crippen molar-refractivity contribution in [2.24, 2.45) is 4.99 Å². The number of nitrogens with two attached hydrogens (primary N) is 1. The number of nitrogen functional groups attached to an aromatic ring is 1. The SMILES string of the molecule is C1CCCC1.Nc1sc(C(F)(F)F)nc1-c1nnc(NC2N=C(c3ccccc3)c3ccccc3NC2=O)o1. The quantitative estimate of drug-likeness (QED) is 0.283. The number of benzene rings is 2. The number of rotatable bonds is 4. The van der Waals surface area contributed by atoms with Crippen LogP contribution in [0.25, 0.3) is 11.6 Å². The van der Waals surface area contributed by atoms with E-state index in [1.807, 2.05) is 42.5 Å². The molecule has 0 saturated heterocycles. The molecule has 1 amide bonds. The molecule has 0 spiro atoms. The Morgan fingerprint density at radius 3 is 2.31 bits per heavy atom. The van der Waals surface area contributed by atoms with Crippen molar-refractivity contribution in [1.82, 2.24) is 15.2 Å². The van der Waals surface area contributed by atoms with Gasteiger partial charge in [0.2, 0.25) is 11.2 Å². The molecule has 2 aliphatic rings. The zero-order valence-electron chi connectivity index (χ0n) is 20.5. The molecule has 0 bridgehead atoms. The highest BCUT2D eigenvalue weighted by Crippen LogP contribution is 2.39. The van der Waals surface area contributed by atoms with Gasteiger partial charge in [-0.05, 0) is 6.07 Å². The van der Waals surface area contributed by atoms with E-state index in [0.29, 0.717) is 17.0 Å². The zero-order chi connectivity index (χ0) is 27.4. The molecule has 1 aliphatic carbocycles. The fourth-order valence-electron chi connectivity index (χ4n) is 4.17. The van der Waals surface area contributed by atoms with Crippen molar-refractivity contribution in [3.8, 4) is 11.6 Å². The van der Waals surface area contributed by atoms with Crippen LogP contribution in [0.4, 0.5) is 29.9 Å². The van der Waals surface area contributed by atoms with Gasteiger partial charge in [-0.15, -0.1) is 5.10 Å². The predicted octanol–water partition coefficient (Wildman–Crippen LogP) is 5.97. The van der Waals surface area contributed by atoms with E-state index in [0.717, 1.165) is 5.56 Å². The van der Waals surface area contributed by atoms with Gasteiger partial charge in [0.05, 0.1) is 11.4 Å². The Balaban J connectivity index is 0.000000555. The molecular formula is C26H24F3N7O2S. The maximum Gasteiger partial charge on any atom is 0.443 e. The molecule has 1 aliphatic heterocycles. The first-order valence-corrected chi connectivity index (χ1v) is 13.1. The second kappa shape index (κ2) is 11.2. The van der Waals surface area contributed by atoms with Crippen LogP contribution in [0.15, 0.2) is 64.0 Å². The topological polar surface area (TPSA) is 131 Å². The van der Waals surface area contributed by atoms with Crippen LogP contribution in [0.2, 0.25) is 0 Å². The number of para-hydroxylation sites is 1. The van der Waals surface area contributed by atoms with Crippen molar-refractivity contribution in [2.45, 2.75) is 44.4 Å². The van der Waals surface area contributed by atoms with E-state index in [1.54, 1.807) is 12.1 Å². The maximum atomic E-state index is 12.9. The number of nitrogens with zero attached hydrogens (tertiary/aromatic N) is 4. The number of thiazole rings is 1. The minimum atomic E-state index is -4.66. The van der Waals surface area contributed by atoms with Crippen LogP contribution in [0, 0.1) is 0 Å². The van der Waals surface area contributed by atoms with Gasteiger partial charge in [-0.1, -0.05) is 97.1 Å². The third-order valence-corrected chi connectivity index (χ3v) is 6.96. The smallest absolute Gasteiger partial charge is 0.402 e. The molecule has 1 saturated carbocycles. The summed E-state index contributed by atoms with van der Waals surface area (Å²) in [6.45, 7) is 0. The average molecular weight is 556 g/mol. The van der Waals surface area contributed by atoms with E-state index in [1.165, 1.54) is 32.1 Å². The van der Waals surface area contributed by atoms with Gasteiger partial charge in [0.15, 0.2) is 5.69 Å². The number of nitrogens with one attached hydrogen (secondary N) is 2. The normalized spacial score (nSPS) is 16.8. The van der Waals surface area contributed by atoms with Gasteiger partial charge in [0.25, 0.3) is 11.8 Å². The molecule has 0 radical (unpaired) electrons. The molecule has 4 N–H and O–H groups in total. The Morgan fingerprint density at radius 1 is 0.974 bits per heavy atom. The fraction of sp³-hybridized carbons (Fsp3) is 0.269. The monoisotopic (exact) mass is 555 g/mol. The van der Waals surface area contributed by atoms with Crippen molar-refractivity contribution < 1.29 is 22.4 Å². The van der Waals surface area contributed by atoms with Gasteiger partial charge in [-0.2, -0.15) is 13.2 Å². The van der Waals surface area contributed by atoms with Crippen LogP contribution in [0.3, 0.4) is 0 Å². The van der Waals surface area contributed by atoms with Crippen molar-refractivity contribution in [3.63, 3.8) is 0 Å². The number of anilines is 3. The minimum absolute atomic E-state index is 0.227. The first-order chi connectivity index (χ1) is 18.8. The lowest BCUT2D eigenvalue weighted by Gasteiger charge is -2.11. The van der Waals surface area contributed by atoms with E-state index in [4.69, 9.17) is 10.2 Å². The summed E-state index contributed by atoms with van der Waals surface area (Å²) < 4.78 is 44.2. The summed E-state index contributed by atoms with van der Waals surface area (Å²) in [6.07, 6.45) is 1.67. The van der Waals surface area contributed by atoms with E-state index in [9.17, 15) is 18.0 Å². The molecular weight excluding hydrogens is 531 g/mol. The van der Waals surface area contributed by atoms with Gasteiger partial charge in [0.1, 0.15) is 5.00 Å². The second-order valence-electron chi connectivity index (χ2n) is 8.84. The van der Waals surface area contributed by atoms with Crippen LogP contribution < -0.4 is 16.4 Å². The second-order valence-corrected chi connectivity index (χ2v) is 9.87.